The van der Waals surface area contributed by atoms with E-state index in [2.05, 4.69) is 15.3 Å². The van der Waals surface area contributed by atoms with Crippen LogP contribution < -0.4 is 5.32 Å². The van der Waals surface area contributed by atoms with Crippen LogP contribution in [0, 0.1) is 6.92 Å². The van der Waals surface area contributed by atoms with Gasteiger partial charge in [0, 0.05) is 10.7 Å². The van der Waals surface area contributed by atoms with Gasteiger partial charge in [-0.05, 0) is 36.8 Å². The van der Waals surface area contributed by atoms with Gasteiger partial charge in [-0.1, -0.05) is 29.8 Å². The van der Waals surface area contributed by atoms with Gasteiger partial charge in [-0.2, -0.15) is 0 Å². The summed E-state index contributed by atoms with van der Waals surface area (Å²) in [5, 5.41) is 2.80. The smallest absolute Gasteiger partial charge is 0.240 e. The van der Waals surface area contributed by atoms with Crippen LogP contribution in [0.1, 0.15) is 5.56 Å². The molecule has 0 fully saturated rings. The van der Waals surface area contributed by atoms with E-state index in [1.807, 2.05) is 0 Å². The van der Waals surface area contributed by atoms with Crippen molar-refractivity contribution in [3.63, 3.8) is 0 Å². The van der Waals surface area contributed by atoms with Crippen molar-refractivity contribution >= 4 is 44.1 Å². The standard InChI is InChI=1S/C16H14ClN3O3S/c1-10-6-7-11(17)8-14(10)18-15(21)9-24(22,23)16-19-12-4-2-3-5-13(12)20-16/h2-8H,9H2,1H3,(H,18,21)(H,19,20). The lowest BCUT2D eigenvalue weighted by Crippen LogP contribution is -2.24. The molecule has 3 aromatic rings. The number of rotatable bonds is 4. The van der Waals surface area contributed by atoms with E-state index in [1.54, 1.807) is 49.4 Å². The first-order valence-corrected chi connectivity index (χ1v) is 9.12. The molecular weight excluding hydrogens is 350 g/mol. The highest BCUT2D eigenvalue weighted by Gasteiger charge is 2.23. The predicted molar refractivity (Wildman–Crippen MR) is 93.0 cm³/mol. The summed E-state index contributed by atoms with van der Waals surface area (Å²) in [6.45, 7) is 1.79. The molecule has 6 nitrogen and oxygen atoms in total. The number of anilines is 1. The third-order valence-corrected chi connectivity index (χ3v) is 5.12. The molecule has 0 aliphatic rings. The van der Waals surface area contributed by atoms with Gasteiger partial charge >= 0.3 is 0 Å². The minimum atomic E-state index is -3.88. The molecular formula is C16H14ClN3O3S. The van der Waals surface area contributed by atoms with Crippen molar-refractivity contribution in [2.45, 2.75) is 12.1 Å². The van der Waals surface area contributed by atoms with Gasteiger partial charge in [0.1, 0.15) is 5.75 Å². The third kappa shape index (κ3) is 3.42. The molecule has 0 radical (unpaired) electrons. The fourth-order valence-electron chi connectivity index (χ4n) is 2.23. The van der Waals surface area contributed by atoms with E-state index >= 15 is 0 Å². The molecule has 124 valence electrons. The molecule has 0 bridgehead atoms. The van der Waals surface area contributed by atoms with Crippen LogP contribution in [0.4, 0.5) is 5.69 Å². The molecule has 8 heteroatoms. The molecule has 1 aromatic heterocycles. The number of hydrogen-bond donors (Lipinski definition) is 2. The average molecular weight is 364 g/mol. The van der Waals surface area contributed by atoms with E-state index in [9.17, 15) is 13.2 Å². The summed E-state index contributed by atoms with van der Waals surface area (Å²) in [6.07, 6.45) is 0. The zero-order chi connectivity index (χ0) is 17.3. The Bertz CT molecular complexity index is 995. The van der Waals surface area contributed by atoms with Gasteiger partial charge in [-0.25, -0.2) is 13.4 Å². The van der Waals surface area contributed by atoms with E-state index in [1.165, 1.54) is 0 Å². The van der Waals surface area contributed by atoms with Crippen LogP contribution in [-0.4, -0.2) is 30.0 Å². The maximum Gasteiger partial charge on any atom is 0.240 e. The number of hydrogen-bond acceptors (Lipinski definition) is 4. The number of carbonyl (C=O) groups excluding carboxylic acids is 1. The lowest BCUT2D eigenvalue weighted by Gasteiger charge is -2.08. The number of aromatic nitrogens is 2. The molecule has 0 aliphatic heterocycles. The van der Waals surface area contributed by atoms with Crippen LogP contribution in [0.3, 0.4) is 0 Å². The van der Waals surface area contributed by atoms with Crippen molar-refractivity contribution in [2.24, 2.45) is 0 Å². The topological polar surface area (TPSA) is 91.9 Å². The van der Waals surface area contributed by atoms with E-state index < -0.39 is 21.5 Å². The minimum Gasteiger partial charge on any atom is -0.329 e. The maximum atomic E-state index is 12.4. The van der Waals surface area contributed by atoms with E-state index in [0.29, 0.717) is 21.7 Å². The van der Waals surface area contributed by atoms with Gasteiger partial charge in [0.2, 0.25) is 20.9 Å². The summed E-state index contributed by atoms with van der Waals surface area (Å²) in [7, 11) is -3.88. The van der Waals surface area contributed by atoms with Crippen molar-refractivity contribution in [3.05, 3.63) is 53.1 Å². The van der Waals surface area contributed by atoms with Crippen LogP contribution in [0.15, 0.2) is 47.6 Å². The van der Waals surface area contributed by atoms with E-state index in [0.717, 1.165) is 5.56 Å². The second-order valence-electron chi connectivity index (χ2n) is 5.33. The van der Waals surface area contributed by atoms with E-state index in [4.69, 9.17) is 11.6 Å². The number of benzene rings is 2. The molecule has 0 saturated carbocycles. The summed E-state index contributed by atoms with van der Waals surface area (Å²) in [5.74, 6) is -1.36. The van der Waals surface area contributed by atoms with Crippen LogP contribution in [0.5, 0.6) is 0 Å². The zero-order valence-corrected chi connectivity index (χ0v) is 14.3. The SMILES string of the molecule is Cc1ccc(Cl)cc1NC(=O)CS(=O)(=O)c1nc2ccccc2[nH]1. The summed E-state index contributed by atoms with van der Waals surface area (Å²) < 4.78 is 24.7. The Labute approximate surface area is 143 Å². The van der Waals surface area contributed by atoms with E-state index in [-0.39, 0.29) is 5.16 Å². The quantitative estimate of drug-likeness (QED) is 0.745. The van der Waals surface area contributed by atoms with Crippen LogP contribution in [-0.2, 0) is 14.6 Å². The highest BCUT2D eigenvalue weighted by atomic mass is 35.5. The van der Waals surface area contributed by atoms with Crippen LogP contribution in [0.25, 0.3) is 11.0 Å². The molecule has 0 aliphatic carbocycles. The molecule has 24 heavy (non-hydrogen) atoms. The first-order chi connectivity index (χ1) is 11.3. The van der Waals surface area contributed by atoms with Gasteiger partial charge in [0.25, 0.3) is 0 Å². The van der Waals surface area contributed by atoms with Gasteiger partial charge in [-0.3, -0.25) is 4.79 Å². The number of aromatic amines is 1. The number of para-hydroxylation sites is 2. The lowest BCUT2D eigenvalue weighted by molar-refractivity contribution is -0.113. The highest BCUT2D eigenvalue weighted by molar-refractivity contribution is 7.92. The molecule has 0 saturated heterocycles. The van der Waals surface area contributed by atoms with Gasteiger partial charge in [0.15, 0.2) is 0 Å². The summed E-state index contributed by atoms with van der Waals surface area (Å²) in [4.78, 5) is 18.9. The maximum absolute atomic E-state index is 12.4. The Morgan fingerprint density at radius 1 is 1.25 bits per heavy atom. The molecule has 1 amide bonds. The fraction of sp³-hybridized carbons (Fsp3) is 0.125. The molecule has 2 N–H and O–H groups in total. The number of halogens is 1. The molecule has 1 heterocycles. The molecule has 2 aromatic carbocycles. The van der Waals surface area contributed by atoms with Gasteiger partial charge in [-0.15, -0.1) is 0 Å². The third-order valence-electron chi connectivity index (χ3n) is 3.46. The number of carbonyl (C=O) groups is 1. The lowest BCUT2D eigenvalue weighted by atomic mass is 10.2. The first kappa shape index (κ1) is 16.5. The normalized spacial score (nSPS) is 11.6. The van der Waals surface area contributed by atoms with Gasteiger partial charge < -0.3 is 10.3 Å². The van der Waals surface area contributed by atoms with Crippen LogP contribution in [0.2, 0.25) is 5.02 Å². The second-order valence-corrected chi connectivity index (χ2v) is 7.67. The summed E-state index contributed by atoms with van der Waals surface area (Å²) >= 11 is 5.89. The molecule has 0 atom stereocenters. The Morgan fingerprint density at radius 3 is 2.75 bits per heavy atom. The van der Waals surface area contributed by atoms with Crippen molar-refractivity contribution in [2.75, 3.05) is 11.1 Å². The zero-order valence-electron chi connectivity index (χ0n) is 12.7. The number of amides is 1. The number of nitrogens with zero attached hydrogens (tertiary/aromatic N) is 1. The molecule has 0 spiro atoms. The Balaban J connectivity index is 1.81. The number of imidazole rings is 1. The number of sulfone groups is 1. The summed E-state index contributed by atoms with van der Waals surface area (Å²) in [5.41, 5.74) is 2.39. The number of fused-ring (bicyclic) bond motifs is 1. The minimum absolute atomic E-state index is 0.221. The van der Waals surface area contributed by atoms with Crippen LogP contribution >= 0.6 is 11.6 Å². The van der Waals surface area contributed by atoms with Crippen molar-refractivity contribution in [1.29, 1.82) is 0 Å². The molecule has 0 unspecified atom stereocenters. The number of H-pyrrole nitrogens is 1. The Morgan fingerprint density at radius 2 is 2.00 bits per heavy atom. The van der Waals surface area contributed by atoms with Gasteiger partial charge in [0.05, 0.1) is 11.0 Å². The number of aryl methyl sites for hydroxylation is 1. The number of nitrogens with one attached hydrogen (secondary N) is 2. The monoisotopic (exact) mass is 363 g/mol. The predicted octanol–water partition coefficient (Wildman–Crippen LogP) is 2.94. The fourth-order valence-corrected chi connectivity index (χ4v) is 3.46. The second kappa shape index (κ2) is 6.26. The molecule has 3 rings (SSSR count). The van der Waals surface area contributed by atoms with Crippen molar-refractivity contribution < 1.29 is 13.2 Å². The van der Waals surface area contributed by atoms with Crippen molar-refractivity contribution in [3.8, 4) is 0 Å². The largest absolute Gasteiger partial charge is 0.329 e. The highest BCUT2D eigenvalue weighted by Crippen LogP contribution is 2.21. The Kier molecular flexibility index (Phi) is 4.29. The van der Waals surface area contributed by atoms with Crippen molar-refractivity contribution in [1.82, 2.24) is 9.97 Å². The summed E-state index contributed by atoms with van der Waals surface area (Å²) in [6, 6.07) is 11.9. The Hall–Kier alpha value is -2.38. The average Bonchev–Trinajstić information content (AvgIpc) is 2.95. The first-order valence-electron chi connectivity index (χ1n) is 7.09.